The topological polar surface area (TPSA) is 106 Å². The van der Waals surface area contributed by atoms with Crippen LogP contribution in [0.3, 0.4) is 0 Å². The molecule has 200 valence electrons. The van der Waals surface area contributed by atoms with Crippen LogP contribution < -0.4 is 25.5 Å². The van der Waals surface area contributed by atoms with Crippen molar-refractivity contribution in [2.75, 3.05) is 23.2 Å². The molecule has 0 aliphatic carbocycles. The number of rotatable bonds is 11. The monoisotopic (exact) mass is 595 g/mol. The van der Waals surface area contributed by atoms with Crippen LogP contribution in [0.2, 0.25) is 0 Å². The minimum atomic E-state index is 0.268. The van der Waals surface area contributed by atoms with Crippen LogP contribution in [0.5, 0.6) is 11.5 Å². The van der Waals surface area contributed by atoms with Gasteiger partial charge >= 0.3 is 0 Å². The lowest BCUT2D eigenvalue weighted by atomic mass is 10.2. The zero-order valence-corrected chi connectivity index (χ0v) is 23.2. The lowest BCUT2D eigenvalue weighted by Crippen LogP contribution is -2.07. The second kappa shape index (κ2) is 13.2. The molecule has 0 saturated heterocycles. The number of anilines is 5. The standard InChI is InChI=1S/C30H26BrN7O2/c1-39-27-18-22(14-17-26(27)40-20-21-12-15-23(31)16-13-21)19-32-38-30-36-28(33-24-8-4-2-5-9-24)35-29(37-30)34-25-10-6-3-7-11-25/h2-19H,20H2,1H3,(H3,33,34,35,36,37,38)/b32-19-. The summed E-state index contributed by atoms with van der Waals surface area (Å²) in [6.07, 6.45) is 1.65. The Balaban J connectivity index is 1.29. The summed E-state index contributed by atoms with van der Waals surface area (Å²) in [6, 6.07) is 32.9. The van der Waals surface area contributed by atoms with Gasteiger partial charge in [0.2, 0.25) is 17.8 Å². The van der Waals surface area contributed by atoms with Crippen LogP contribution in [0.25, 0.3) is 0 Å². The Bertz CT molecular complexity index is 1510. The van der Waals surface area contributed by atoms with Crippen LogP contribution in [0.1, 0.15) is 11.1 Å². The van der Waals surface area contributed by atoms with Gasteiger partial charge in [-0.1, -0.05) is 64.5 Å². The molecule has 0 unspecified atom stereocenters. The highest BCUT2D eigenvalue weighted by Crippen LogP contribution is 2.28. The fourth-order valence-electron chi connectivity index (χ4n) is 3.63. The van der Waals surface area contributed by atoms with Gasteiger partial charge in [-0.05, 0) is 65.7 Å². The van der Waals surface area contributed by atoms with Crippen molar-refractivity contribution < 1.29 is 9.47 Å². The number of para-hydroxylation sites is 2. The normalized spacial score (nSPS) is 10.8. The first kappa shape index (κ1) is 26.6. The third-order valence-electron chi connectivity index (χ3n) is 5.57. The van der Waals surface area contributed by atoms with Crippen molar-refractivity contribution in [3.63, 3.8) is 0 Å². The Morgan fingerprint density at radius 2 is 1.32 bits per heavy atom. The summed E-state index contributed by atoms with van der Waals surface area (Å²) in [6.45, 7) is 0.427. The molecule has 9 nitrogen and oxygen atoms in total. The summed E-state index contributed by atoms with van der Waals surface area (Å²) < 4.78 is 12.5. The lowest BCUT2D eigenvalue weighted by molar-refractivity contribution is 0.284. The van der Waals surface area contributed by atoms with Crippen LogP contribution >= 0.6 is 15.9 Å². The van der Waals surface area contributed by atoms with Crippen molar-refractivity contribution in [2.24, 2.45) is 5.10 Å². The van der Waals surface area contributed by atoms with Crippen molar-refractivity contribution in [3.05, 3.63) is 119 Å². The van der Waals surface area contributed by atoms with Gasteiger partial charge in [0, 0.05) is 15.8 Å². The Morgan fingerprint density at radius 3 is 1.93 bits per heavy atom. The molecule has 0 spiro atoms. The van der Waals surface area contributed by atoms with Crippen molar-refractivity contribution >= 4 is 51.4 Å². The molecule has 0 saturated carbocycles. The van der Waals surface area contributed by atoms with Crippen molar-refractivity contribution in [1.82, 2.24) is 15.0 Å². The van der Waals surface area contributed by atoms with E-state index in [9.17, 15) is 0 Å². The largest absolute Gasteiger partial charge is 0.493 e. The number of aromatic nitrogens is 3. The molecule has 1 aromatic heterocycles. The third-order valence-corrected chi connectivity index (χ3v) is 6.10. The van der Waals surface area contributed by atoms with Gasteiger partial charge in [-0.3, -0.25) is 0 Å². The molecule has 5 aromatic rings. The average molecular weight is 596 g/mol. The number of hydrazone groups is 1. The average Bonchev–Trinajstić information content (AvgIpc) is 2.98. The van der Waals surface area contributed by atoms with E-state index in [-0.39, 0.29) is 5.95 Å². The Labute approximate surface area is 240 Å². The Kier molecular flexibility index (Phi) is 8.80. The van der Waals surface area contributed by atoms with Gasteiger partial charge in [-0.15, -0.1) is 0 Å². The predicted molar refractivity (Wildman–Crippen MR) is 162 cm³/mol. The van der Waals surface area contributed by atoms with Crippen LogP contribution in [0, 0.1) is 0 Å². The summed E-state index contributed by atoms with van der Waals surface area (Å²) >= 11 is 3.45. The third kappa shape index (κ3) is 7.55. The molecule has 5 rings (SSSR count). The number of benzene rings is 4. The number of hydrogen-bond acceptors (Lipinski definition) is 9. The molecular weight excluding hydrogens is 570 g/mol. The Hall–Kier alpha value is -4.96. The van der Waals surface area contributed by atoms with Gasteiger partial charge in [-0.2, -0.15) is 20.1 Å². The van der Waals surface area contributed by atoms with E-state index < -0.39 is 0 Å². The van der Waals surface area contributed by atoms with Crippen molar-refractivity contribution in [1.29, 1.82) is 0 Å². The summed E-state index contributed by atoms with van der Waals surface area (Å²) in [5, 5.41) is 10.7. The highest BCUT2D eigenvalue weighted by Gasteiger charge is 2.09. The quantitative estimate of drug-likeness (QED) is 0.109. The van der Waals surface area contributed by atoms with E-state index in [4.69, 9.17) is 9.47 Å². The van der Waals surface area contributed by atoms with E-state index in [1.807, 2.05) is 103 Å². The molecule has 10 heteroatoms. The number of nitrogens with one attached hydrogen (secondary N) is 3. The molecule has 0 amide bonds. The molecule has 40 heavy (non-hydrogen) atoms. The summed E-state index contributed by atoms with van der Waals surface area (Å²) in [5.41, 5.74) is 6.46. The van der Waals surface area contributed by atoms with Gasteiger partial charge in [0.15, 0.2) is 11.5 Å². The smallest absolute Gasteiger partial charge is 0.250 e. The van der Waals surface area contributed by atoms with Gasteiger partial charge in [-0.25, -0.2) is 5.43 Å². The Morgan fingerprint density at radius 1 is 0.725 bits per heavy atom. The number of methoxy groups -OCH3 is 1. The maximum atomic E-state index is 5.97. The van der Waals surface area contributed by atoms with E-state index in [1.165, 1.54) is 0 Å². The summed E-state index contributed by atoms with van der Waals surface area (Å²) in [5.74, 6) is 2.24. The second-order valence-corrected chi connectivity index (χ2v) is 9.40. The van der Waals surface area contributed by atoms with Crippen molar-refractivity contribution in [2.45, 2.75) is 6.61 Å². The molecule has 0 fully saturated rings. The molecule has 4 aromatic carbocycles. The summed E-state index contributed by atoms with van der Waals surface area (Å²) in [7, 11) is 1.61. The number of ether oxygens (including phenoxy) is 2. The van der Waals surface area contributed by atoms with Gasteiger partial charge < -0.3 is 20.1 Å². The van der Waals surface area contributed by atoms with E-state index in [1.54, 1.807) is 13.3 Å². The number of hydrogen-bond donors (Lipinski definition) is 3. The molecular formula is C30H26BrN7O2. The molecule has 0 bridgehead atoms. The molecule has 0 atom stereocenters. The molecule has 0 radical (unpaired) electrons. The zero-order valence-electron chi connectivity index (χ0n) is 21.6. The van der Waals surface area contributed by atoms with E-state index in [0.717, 1.165) is 27.0 Å². The first-order chi connectivity index (χ1) is 19.6. The van der Waals surface area contributed by atoms with Crippen LogP contribution in [0.15, 0.2) is 113 Å². The highest BCUT2D eigenvalue weighted by atomic mass is 79.9. The van der Waals surface area contributed by atoms with Crippen molar-refractivity contribution in [3.8, 4) is 11.5 Å². The molecule has 3 N–H and O–H groups in total. The first-order valence-corrected chi connectivity index (χ1v) is 13.2. The SMILES string of the molecule is COc1cc(/C=N\Nc2nc(Nc3ccccc3)nc(Nc3ccccc3)n2)ccc1OCc1ccc(Br)cc1. The van der Waals surface area contributed by atoms with E-state index in [0.29, 0.717) is 30.0 Å². The lowest BCUT2D eigenvalue weighted by Gasteiger charge is -2.11. The van der Waals surface area contributed by atoms with E-state index in [2.05, 4.69) is 52.0 Å². The van der Waals surface area contributed by atoms with Crippen LogP contribution in [-0.4, -0.2) is 28.3 Å². The fraction of sp³-hybridized carbons (Fsp3) is 0.0667. The van der Waals surface area contributed by atoms with Gasteiger partial charge in [0.1, 0.15) is 6.61 Å². The molecule has 0 aliphatic rings. The van der Waals surface area contributed by atoms with Crippen LogP contribution in [-0.2, 0) is 6.61 Å². The van der Waals surface area contributed by atoms with E-state index >= 15 is 0 Å². The van der Waals surface area contributed by atoms with Gasteiger partial charge in [0.05, 0.1) is 13.3 Å². The van der Waals surface area contributed by atoms with Gasteiger partial charge in [0.25, 0.3) is 0 Å². The predicted octanol–water partition coefficient (Wildman–Crippen LogP) is 7.15. The maximum absolute atomic E-state index is 5.97. The highest BCUT2D eigenvalue weighted by molar-refractivity contribution is 9.10. The zero-order chi connectivity index (χ0) is 27.6. The maximum Gasteiger partial charge on any atom is 0.250 e. The molecule has 0 aliphatic heterocycles. The van der Waals surface area contributed by atoms with Crippen LogP contribution in [0.4, 0.5) is 29.2 Å². The minimum absolute atomic E-state index is 0.268. The fourth-order valence-corrected chi connectivity index (χ4v) is 3.89. The second-order valence-electron chi connectivity index (χ2n) is 8.48. The summed E-state index contributed by atoms with van der Waals surface area (Å²) in [4.78, 5) is 13.4. The molecule has 1 heterocycles. The minimum Gasteiger partial charge on any atom is -0.493 e. The first-order valence-electron chi connectivity index (χ1n) is 12.4. The number of nitrogens with zero attached hydrogens (tertiary/aromatic N) is 4. The number of halogens is 1.